The molecule has 0 spiro atoms. The third-order valence-electron chi connectivity index (χ3n) is 4.11. The van der Waals surface area contributed by atoms with Gasteiger partial charge in [0.2, 0.25) is 5.95 Å². The summed E-state index contributed by atoms with van der Waals surface area (Å²) in [5.41, 5.74) is 3.91. The number of carbonyl (C=O) groups is 1. The van der Waals surface area contributed by atoms with E-state index in [0.29, 0.717) is 23.9 Å². The van der Waals surface area contributed by atoms with Crippen LogP contribution < -0.4 is 15.4 Å². The van der Waals surface area contributed by atoms with Gasteiger partial charge in [0, 0.05) is 23.5 Å². The highest BCUT2D eigenvalue weighted by atomic mass is 16.5. The van der Waals surface area contributed by atoms with Crippen LogP contribution in [0.15, 0.2) is 54.6 Å². The second-order valence-electron chi connectivity index (χ2n) is 6.15. The van der Waals surface area contributed by atoms with Crippen LogP contribution in [0.25, 0.3) is 0 Å². The summed E-state index contributed by atoms with van der Waals surface area (Å²) in [7, 11) is 1.61. The van der Waals surface area contributed by atoms with Crippen molar-refractivity contribution in [1.82, 2.24) is 15.3 Å². The average molecular weight is 362 g/mol. The zero-order valence-electron chi connectivity index (χ0n) is 15.6. The molecule has 0 aliphatic carbocycles. The Morgan fingerprint density at radius 1 is 1.04 bits per heavy atom. The maximum absolute atomic E-state index is 12.6. The number of hydrogen-bond acceptors (Lipinski definition) is 5. The van der Waals surface area contributed by atoms with Gasteiger partial charge < -0.3 is 15.4 Å². The first kappa shape index (κ1) is 18.4. The summed E-state index contributed by atoms with van der Waals surface area (Å²) in [6.07, 6.45) is 0. The SMILES string of the molecule is COc1ccccc1CNC(=O)c1cc(C)nc(Nc2ccccc2C)n1. The monoisotopic (exact) mass is 362 g/mol. The van der Waals surface area contributed by atoms with Crippen molar-refractivity contribution in [2.75, 3.05) is 12.4 Å². The Morgan fingerprint density at radius 2 is 1.78 bits per heavy atom. The lowest BCUT2D eigenvalue weighted by molar-refractivity contribution is 0.0945. The van der Waals surface area contributed by atoms with Gasteiger partial charge in [-0.1, -0.05) is 36.4 Å². The standard InChI is InChI=1S/C21H22N4O2/c1-14-8-4-6-10-17(14)24-21-23-15(2)12-18(25-21)20(26)22-13-16-9-5-7-11-19(16)27-3/h4-12H,13H2,1-3H3,(H,22,26)(H,23,24,25). The lowest BCUT2D eigenvalue weighted by atomic mass is 10.2. The van der Waals surface area contributed by atoms with E-state index >= 15 is 0 Å². The Kier molecular flexibility index (Phi) is 5.66. The number of aryl methyl sites for hydroxylation is 2. The van der Waals surface area contributed by atoms with E-state index in [4.69, 9.17) is 4.74 Å². The fourth-order valence-corrected chi connectivity index (χ4v) is 2.69. The Labute approximate surface area is 158 Å². The van der Waals surface area contributed by atoms with E-state index in [9.17, 15) is 4.79 Å². The van der Waals surface area contributed by atoms with Crippen molar-refractivity contribution in [3.63, 3.8) is 0 Å². The minimum absolute atomic E-state index is 0.265. The Balaban J connectivity index is 1.75. The van der Waals surface area contributed by atoms with Gasteiger partial charge in [0.1, 0.15) is 11.4 Å². The first-order valence-electron chi connectivity index (χ1n) is 8.65. The smallest absolute Gasteiger partial charge is 0.270 e. The number of benzene rings is 2. The molecule has 0 aliphatic heterocycles. The van der Waals surface area contributed by atoms with Crippen LogP contribution in [-0.2, 0) is 6.54 Å². The van der Waals surface area contributed by atoms with Gasteiger partial charge in [-0.2, -0.15) is 0 Å². The van der Waals surface area contributed by atoms with Crippen LogP contribution in [0.3, 0.4) is 0 Å². The fourth-order valence-electron chi connectivity index (χ4n) is 2.69. The minimum Gasteiger partial charge on any atom is -0.496 e. The second-order valence-corrected chi connectivity index (χ2v) is 6.15. The largest absolute Gasteiger partial charge is 0.496 e. The van der Waals surface area contributed by atoms with Crippen molar-refractivity contribution >= 4 is 17.5 Å². The van der Waals surface area contributed by atoms with E-state index < -0.39 is 0 Å². The summed E-state index contributed by atoms with van der Waals surface area (Å²) in [6.45, 7) is 4.19. The maximum atomic E-state index is 12.6. The molecule has 1 heterocycles. The quantitative estimate of drug-likeness (QED) is 0.698. The molecule has 0 saturated heterocycles. The van der Waals surface area contributed by atoms with Crippen LogP contribution in [0.5, 0.6) is 5.75 Å². The minimum atomic E-state index is -0.265. The van der Waals surface area contributed by atoms with Crippen LogP contribution in [0.1, 0.15) is 27.3 Å². The summed E-state index contributed by atoms with van der Waals surface area (Å²) >= 11 is 0. The van der Waals surface area contributed by atoms with Crippen molar-refractivity contribution in [3.05, 3.63) is 77.1 Å². The molecule has 3 aromatic rings. The highest BCUT2D eigenvalue weighted by Crippen LogP contribution is 2.19. The topological polar surface area (TPSA) is 76.1 Å². The van der Waals surface area contributed by atoms with Crippen molar-refractivity contribution in [2.45, 2.75) is 20.4 Å². The number of aromatic nitrogens is 2. The van der Waals surface area contributed by atoms with E-state index in [2.05, 4.69) is 20.6 Å². The van der Waals surface area contributed by atoms with E-state index in [0.717, 1.165) is 22.6 Å². The van der Waals surface area contributed by atoms with Crippen LogP contribution in [0, 0.1) is 13.8 Å². The van der Waals surface area contributed by atoms with Gasteiger partial charge in [0.05, 0.1) is 7.11 Å². The lowest BCUT2D eigenvalue weighted by Crippen LogP contribution is -2.24. The van der Waals surface area contributed by atoms with E-state index in [1.807, 2.05) is 62.4 Å². The van der Waals surface area contributed by atoms with Gasteiger partial charge in [-0.15, -0.1) is 0 Å². The molecule has 0 atom stereocenters. The molecule has 27 heavy (non-hydrogen) atoms. The maximum Gasteiger partial charge on any atom is 0.270 e. The number of amides is 1. The normalized spacial score (nSPS) is 10.3. The lowest BCUT2D eigenvalue weighted by Gasteiger charge is -2.11. The third kappa shape index (κ3) is 4.61. The number of rotatable bonds is 6. The highest BCUT2D eigenvalue weighted by Gasteiger charge is 2.12. The second kappa shape index (κ2) is 8.31. The van der Waals surface area contributed by atoms with Crippen molar-refractivity contribution < 1.29 is 9.53 Å². The summed E-state index contributed by atoms with van der Waals surface area (Å²) in [5, 5.41) is 6.06. The average Bonchev–Trinajstić information content (AvgIpc) is 2.67. The van der Waals surface area contributed by atoms with E-state index in [-0.39, 0.29) is 5.91 Å². The van der Waals surface area contributed by atoms with Gasteiger partial charge >= 0.3 is 0 Å². The summed E-state index contributed by atoms with van der Waals surface area (Å²) in [5.74, 6) is 0.865. The molecule has 2 N–H and O–H groups in total. The van der Waals surface area contributed by atoms with Crippen LogP contribution >= 0.6 is 0 Å². The van der Waals surface area contributed by atoms with Gasteiger partial charge in [-0.25, -0.2) is 9.97 Å². The molecule has 6 heteroatoms. The Morgan fingerprint density at radius 3 is 2.56 bits per heavy atom. The number of methoxy groups -OCH3 is 1. The number of anilines is 2. The molecule has 1 aromatic heterocycles. The predicted molar refractivity (Wildman–Crippen MR) is 105 cm³/mol. The number of ether oxygens (including phenoxy) is 1. The summed E-state index contributed by atoms with van der Waals surface area (Å²) < 4.78 is 5.31. The van der Waals surface area contributed by atoms with Crippen molar-refractivity contribution in [2.24, 2.45) is 0 Å². The van der Waals surface area contributed by atoms with Crippen molar-refractivity contribution in [3.8, 4) is 5.75 Å². The number of nitrogens with one attached hydrogen (secondary N) is 2. The summed E-state index contributed by atoms with van der Waals surface area (Å²) in [4.78, 5) is 21.3. The number of hydrogen-bond donors (Lipinski definition) is 2. The molecule has 0 aliphatic rings. The van der Waals surface area contributed by atoms with E-state index in [1.165, 1.54) is 0 Å². The number of nitrogens with zero attached hydrogens (tertiary/aromatic N) is 2. The zero-order valence-corrected chi connectivity index (χ0v) is 15.6. The molecule has 3 rings (SSSR count). The fraction of sp³-hybridized carbons (Fsp3) is 0.190. The molecule has 0 fully saturated rings. The van der Waals surface area contributed by atoms with Gasteiger partial charge in [0.15, 0.2) is 0 Å². The Hall–Kier alpha value is -3.41. The third-order valence-corrected chi connectivity index (χ3v) is 4.11. The molecular formula is C21H22N4O2. The van der Waals surface area contributed by atoms with Gasteiger partial charge in [-0.3, -0.25) is 4.79 Å². The van der Waals surface area contributed by atoms with Gasteiger partial charge in [-0.05, 0) is 37.6 Å². The number of para-hydroxylation sites is 2. The zero-order chi connectivity index (χ0) is 19.2. The molecule has 6 nitrogen and oxygen atoms in total. The molecule has 0 radical (unpaired) electrons. The Bertz CT molecular complexity index is 956. The van der Waals surface area contributed by atoms with Gasteiger partial charge in [0.25, 0.3) is 5.91 Å². The highest BCUT2D eigenvalue weighted by molar-refractivity contribution is 5.92. The molecule has 2 aromatic carbocycles. The first-order valence-corrected chi connectivity index (χ1v) is 8.65. The van der Waals surface area contributed by atoms with Crippen LogP contribution in [0.2, 0.25) is 0 Å². The molecule has 1 amide bonds. The molecule has 0 saturated carbocycles. The molecule has 0 unspecified atom stereocenters. The van der Waals surface area contributed by atoms with Crippen LogP contribution in [-0.4, -0.2) is 23.0 Å². The summed E-state index contributed by atoms with van der Waals surface area (Å²) in [6, 6.07) is 17.1. The molecular weight excluding hydrogens is 340 g/mol. The predicted octanol–water partition coefficient (Wildman–Crippen LogP) is 3.78. The van der Waals surface area contributed by atoms with Crippen molar-refractivity contribution in [1.29, 1.82) is 0 Å². The first-order chi connectivity index (χ1) is 13.1. The molecule has 0 bridgehead atoms. The van der Waals surface area contributed by atoms with E-state index in [1.54, 1.807) is 13.2 Å². The number of carbonyl (C=O) groups excluding carboxylic acids is 1. The molecule has 138 valence electrons. The van der Waals surface area contributed by atoms with Crippen LogP contribution in [0.4, 0.5) is 11.6 Å².